The van der Waals surface area contributed by atoms with Gasteiger partial charge in [-0.05, 0) is 73.7 Å². The minimum Gasteiger partial charge on any atom is -0.508 e. The molecule has 4 aromatic rings. The monoisotopic (exact) mass is 665 g/mol. The number of imide groups is 1. The molecule has 2 aliphatic heterocycles. The van der Waals surface area contributed by atoms with Gasteiger partial charge in [-0.2, -0.15) is 0 Å². The van der Waals surface area contributed by atoms with Crippen LogP contribution in [0.3, 0.4) is 0 Å². The van der Waals surface area contributed by atoms with Crippen molar-refractivity contribution in [2.45, 2.75) is 23.1 Å². The largest absolute Gasteiger partial charge is 0.508 e. The molecule has 0 aliphatic carbocycles. The number of phenolic OH excluding ortho intramolecular Hbond substituents is 1. The van der Waals surface area contributed by atoms with Crippen molar-refractivity contribution in [2.24, 2.45) is 5.92 Å². The zero-order valence-electron chi connectivity index (χ0n) is 23.4. The average Bonchev–Trinajstić information content (AvgIpc) is 3.51. The molecule has 3 amide bonds. The molecule has 3 heterocycles. The third kappa shape index (κ3) is 5.93. The van der Waals surface area contributed by atoms with Crippen LogP contribution in [0.4, 0.5) is 11.4 Å². The summed E-state index contributed by atoms with van der Waals surface area (Å²) in [5.41, 5.74) is 1.46. The van der Waals surface area contributed by atoms with E-state index in [9.17, 15) is 29.1 Å². The van der Waals surface area contributed by atoms with E-state index in [2.05, 4.69) is 10.3 Å². The Labute approximate surface area is 269 Å². The summed E-state index contributed by atoms with van der Waals surface area (Å²) in [5, 5.41) is 12.1. The van der Waals surface area contributed by atoms with Gasteiger partial charge in [0.05, 0.1) is 28.8 Å². The lowest BCUT2D eigenvalue weighted by Crippen LogP contribution is -2.32. The van der Waals surface area contributed by atoms with Crippen molar-refractivity contribution in [3.8, 4) is 11.5 Å². The van der Waals surface area contributed by atoms with Gasteiger partial charge in [-0.3, -0.25) is 19.2 Å². The minimum absolute atomic E-state index is 0.0534. The third-order valence-electron chi connectivity index (χ3n) is 7.28. The van der Waals surface area contributed by atoms with Gasteiger partial charge in [0.1, 0.15) is 16.7 Å². The van der Waals surface area contributed by atoms with Gasteiger partial charge in [-0.15, -0.1) is 0 Å². The molecule has 2 aliphatic rings. The first-order valence-corrected chi connectivity index (χ1v) is 15.8. The number of esters is 1. The van der Waals surface area contributed by atoms with Crippen molar-refractivity contribution < 1.29 is 33.8 Å². The lowest BCUT2D eigenvalue weighted by molar-refractivity contribution is -0.122. The van der Waals surface area contributed by atoms with Crippen LogP contribution in [0.5, 0.6) is 11.5 Å². The molecular weight excluding hydrogens is 642 g/mol. The van der Waals surface area contributed by atoms with Gasteiger partial charge in [0, 0.05) is 27.1 Å². The summed E-state index contributed by atoms with van der Waals surface area (Å²) in [6.45, 7) is 1.50. The first-order chi connectivity index (χ1) is 21.6. The molecule has 3 unspecified atom stereocenters. The third-order valence-corrected chi connectivity index (χ3v) is 9.91. The number of anilines is 2. The molecule has 3 atom stereocenters. The zero-order valence-corrected chi connectivity index (χ0v) is 25.8. The summed E-state index contributed by atoms with van der Waals surface area (Å²) < 4.78 is 11.0. The van der Waals surface area contributed by atoms with E-state index in [0.717, 1.165) is 28.0 Å². The number of rotatable bonds is 8. The number of carbonyl (C=O) groups is 4. The van der Waals surface area contributed by atoms with Crippen molar-refractivity contribution >= 4 is 69.8 Å². The number of hydrogen-bond donors (Lipinski definition) is 3. The molecule has 1 fully saturated rings. The lowest BCUT2D eigenvalue weighted by atomic mass is 9.82. The lowest BCUT2D eigenvalue weighted by Gasteiger charge is -2.31. The van der Waals surface area contributed by atoms with Gasteiger partial charge in [0.2, 0.25) is 11.8 Å². The smallest absolute Gasteiger partial charge is 0.338 e. The van der Waals surface area contributed by atoms with Crippen LogP contribution >= 0.6 is 34.7 Å². The molecule has 1 saturated heterocycles. The summed E-state index contributed by atoms with van der Waals surface area (Å²) in [5.74, 6) is -3.39. The number of benzene rings is 3. The molecular formula is C31H24ClN3O8S2. The molecule has 14 heteroatoms. The Bertz CT molecular complexity index is 1870. The molecule has 0 saturated carbocycles. The van der Waals surface area contributed by atoms with E-state index in [1.807, 2.05) is 0 Å². The molecule has 0 bridgehead atoms. The zero-order chi connectivity index (χ0) is 31.8. The Kier molecular flexibility index (Phi) is 8.40. The van der Waals surface area contributed by atoms with Crippen molar-refractivity contribution in [2.75, 3.05) is 23.4 Å². The van der Waals surface area contributed by atoms with Gasteiger partial charge in [0.25, 0.3) is 5.91 Å². The van der Waals surface area contributed by atoms with E-state index in [1.54, 1.807) is 25.1 Å². The van der Waals surface area contributed by atoms with Crippen molar-refractivity contribution in [1.29, 1.82) is 0 Å². The van der Waals surface area contributed by atoms with Crippen LogP contribution in [-0.4, -0.2) is 52.2 Å². The number of aromatic nitrogens is 1. The van der Waals surface area contributed by atoms with Gasteiger partial charge >= 0.3 is 10.8 Å². The number of aromatic amines is 1. The number of thioether (sulfide) groups is 1. The van der Waals surface area contributed by atoms with Crippen LogP contribution in [0, 0.1) is 5.92 Å². The molecule has 3 N–H and O–H groups in total. The Balaban J connectivity index is 1.33. The minimum atomic E-state index is -0.933. The van der Waals surface area contributed by atoms with Crippen LogP contribution < -0.4 is 19.8 Å². The number of fused-ring (bicyclic) bond motifs is 2. The second-order valence-corrected chi connectivity index (χ2v) is 12.7. The molecule has 11 nitrogen and oxygen atoms in total. The summed E-state index contributed by atoms with van der Waals surface area (Å²) >= 11 is 8.47. The fourth-order valence-electron chi connectivity index (χ4n) is 5.35. The van der Waals surface area contributed by atoms with E-state index in [-0.39, 0.29) is 34.2 Å². The van der Waals surface area contributed by atoms with Gasteiger partial charge in [0.15, 0.2) is 6.61 Å². The number of hydrogen-bond acceptors (Lipinski definition) is 10. The van der Waals surface area contributed by atoms with Crippen LogP contribution in [0.25, 0.3) is 0 Å². The van der Waals surface area contributed by atoms with Crippen molar-refractivity contribution in [3.05, 3.63) is 97.4 Å². The molecule has 0 spiro atoms. The normalized spacial score (nSPS) is 18.7. The first kappa shape index (κ1) is 30.4. The predicted octanol–water partition coefficient (Wildman–Crippen LogP) is 4.79. The summed E-state index contributed by atoms with van der Waals surface area (Å²) in [6, 6.07) is 16.7. The van der Waals surface area contributed by atoms with Crippen LogP contribution in [0.2, 0.25) is 5.02 Å². The number of H-pyrrole nitrogens is 1. The van der Waals surface area contributed by atoms with Crippen LogP contribution in [0.1, 0.15) is 33.6 Å². The van der Waals surface area contributed by atoms with E-state index >= 15 is 0 Å². The summed E-state index contributed by atoms with van der Waals surface area (Å²) in [7, 11) is 0. The van der Waals surface area contributed by atoms with E-state index in [1.165, 1.54) is 48.5 Å². The second-order valence-electron chi connectivity index (χ2n) is 10.1. The molecule has 230 valence electrons. The number of nitrogens with one attached hydrogen (secondary N) is 2. The summed E-state index contributed by atoms with van der Waals surface area (Å²) in [4.78, 5) is 69.3. The maximum Gasteiger partial charge on any atom is 0.338 e. The number of carbonyl (C=O) groups excluding carboxylic acids is 4. The Hall–Kier alpha value is -4.59. The molecule has 3 aromatic carbocycles. The number of thiazole rings is 1. The second kappa shape index (κ2) is 12.4. The standard InChI is InChI=1S/C31H24ClN3O8S2/c1-2-42-30(40)15-3-8-18(9-4-15)35-28(38)24-23(25-27(34-31(41)45-25)44-26(24)29(35)39)20-13-16(32)5-12-21(20)43-14-22(37)33-17-6-10-19(36)11-7-17/h3-13,23-24,26,36H,2,14H2,1H3,(H,33,37)(H,34,41). The van der Waals surface area contributed by atoms with Crippen LogP contribution in [-0.2, 0) is 19.1 Å². The fraction of sp³-hybridized carbons (Fsp3) is 0.194. The molecule has 1 aromatic heterocycles. The fourth-order valence-corrected chi connectivity index (χ4v) is 8.03. The number of amides is 3. The number of halogens is 1. The molecule has 0 radical (unpaired) electrons. The molecule has 6 rings (SSSR count). The number of ether oxygens (including phenoxy) is 2. The first-order valence-electron chi connectivity index (χ1n) is 13.7. The van der Waals surface area contributed by atoms with Gasteiger partial charge in [-0.25, -0.2) is 9.69 Å². The van der Waals surface area contributed by atoms with E-state index < -0.39 is 47.4 Å². The topological polar surface area (TPSA) is 155 Å². The number of aromatic hydroxyl groups is 1. The van der Waals surface area contributed by atoms with Crippen molar-refractivity contribution in [1.82, 2.24) is 4.98 Å². The number of nitrogens with zero attached hydrogens (tertiary/aromatic N) is 1. The van der Waals surface area contributed by atoms with E-state index in [0.29, 0.717) is 26.2 Å². The maximum atomic E-state index is 14.1. The molecule has 45 heavy (non-hydrogen) atoms. The highest BCUT2D eigenvalue weighted by Gasteiger charge is 2.57. The van der Waals surface area contributed by atoms with Crippen LogP contribution in [0.15, 0.2) is 76.6 Å². The Morgan fingerprint density at radius 1 is 1.02 bits per heavy atom. The van der Waals surface area contributed by atoms with Crippen molar-refractivity contribution in [3.63, 3.8) is 0 Å². The van der Waals surface area contributed by atoms with Gasteiger partial charge in [-0.1, -0.05) is 34.7 Å². The quantitative estimate of drug-likeness (QED) is 0.137. The van der Waals surface area contributed by atoms with Gasteiger partial charge < -0.3 is 24.9 Å². The SMILES string of the molecule is CCOC(=O)c1ccc(N2C(=O)C3Sc4[nH]c(=O)sc4C(c4cc(Cl)ccc4OCC(=O)Nc4ccc(O)cc4)C3C2=O)cc1. The average molecular weight is 666 g/mol. The maximum absolute atomic E-state index is 14.1. The highest BCUT2D eigenvalue weighted by atomic mass is 35.5. The van der Waals surface area contributed by atoms with E-state index in [4.69, 9.17) is 21.1 Å². The summed E-state index contributed by atoms with van der Waals surface area (Å²) in [6.07, 6.45) is 0. The Morgan fingerprint density at radius 3 is 2.47 bits per heavy atom. The Morgan fingerprint density at radius 2 is 1.76 bits per heavy atom. The predicted molar refractivity (Wildman–Crippen MR) is 168 cm³/mol. The number of phenols is 1. The highest BCUT2D eigenvalue weighted by Crippen LogP contribution is 2.54. The highest BCUT2D eigenvalue weighted by molar-refractivity contribution is 8.00.